The van der Waals surface area contributed by atoms with Crippen molar-refractivity contribution < 1.29 is 9.53 Å². The van der Waals surface area contributed by atoms with Crippen molar-refractivity contribution in [1.29, 1.82) is 0 Å². The maximum Gasteiger partial charge on any atom is 0.267 e. The Morgan fingerprint density at radius 1 is 1.33 bits per heavy atom. The van der Waals surface area contributed by atoms with Crippen LogP contribution in [-0.4, -0.2) is 18.0 Å². The molecule has 0 bridgehead atoms. The van der Waals surface area contributed by atoms with E-state index in [1.54, 1.807) is 13.2 Å². The topological polar surface area (TPSA) is 77.2 Å². The van der Waals surface area contributed by atoms with Crippen LogP contribution >= 0.6 is 11.3 Å². The van der Waals surface area contributed by atoms with Crippen molar-refractivity contribution in [2.75, 3.05) is 18.2 Å². The van der Waals surface area contributed by atoms with Crippen LogP contribution in [0.3, 0.4) is 0 Å². The molecule has 0 saturated heterocycles. The minimum absolute atomic E-state index is 0.219. The molecule has 5 nitrogen and oxygen atoms in total. The average molecular weight is 339 g/mol. The maximum atomic E-state index is 12.6. The number of nitrogen functional groups attached to an aromatic ring is 1. The van der Waals surface area contributed by atoms with Crippen molar-refractivity contribution in [3.63, 3.8) is 0 Å². The Hall–Kier alpha value is -2.60. The van der Waals surface area contributed by atoms with E-state index in [1.165, 1.54) is 16.9 Å². The van der Waals surface area contributed by atoms with Crippen molar-refractivity contribution in [3.05, 3.63) is 46.5 Å². The van der Waals surface area contributed by atoms with E-state index in [0.717, 1.165) is 35.2 Å². The molecule has 1 aromatic carbocycles. The Morgan fingerprint density at radius 2 is 2.21 bits per heavy atom. The van der Waals surface area contributed by atoms with Crippen LogP contribution in [0.2, 0.25) is 0 Å². The van der Waals surface area contributed by atoms with Gasteiger partial charge in [0.1, 0.15) is 15.5 Å². The number of anilines is 2. The van der Waals surface area contributed by atoms with Gasteiger partial charge in [-0.05, 0) is 43.0 Å². The zero-order valence-electron chi connectivity index (χ0n) is 13.3. The van der Waals surface area contributed by atoms with Crippen molar-refractivity contribution in [1.82, 2.24) is 4.98 Å². The molecule has 0 spiro atoms. The quantitative estimate of drug-likeness (QED) is 0.764. The van der Waals surface area contributed by atoms with Crippen LogP contribution in [0, 0.1) is 0 Å². The molecule has 6 heteroatoms. The summed E-state index contributed by atoms with van der Waals surface area (Å²) in [6, 6.07) is 9.34. The molecule has 1 aliphatic rings. The van der Waals surface area contributed by atoms with E-state index in [0.29, 0.717) is 22.0 Å². The predicted octanol–water partition coefficient (Wildman–Crippen LogP) is 3.63. The summed E-state index contributed by atoms with van der Waals surface area (Å²) in [5, 5.41) is 3.76. The first-order chi connectivity index (χ1) is 11.7. The second kappa shape index (κ2) is 5.79. The van der Waals surface area contributed by atoms with Gasteiger partial charge in [-0.1, -0.05) is 6.07 Å². The van der Waals surface area contributed by atoms with Crippen molar-refractivity contribution in [2.24, 2.45) is 0 Å². The normalized spacial score (nSPS) is 13.0. The number of carbonyl (C=O) groups is 1. The molecular formula is C18H17N3O2S. The Bertz CT molecular complexity index is 949. The zero-order chi connectivity index (χ0) is 16.7. The van der Waals surface area contributed by atoms with Gasteiger partial charge in [0.05, 0.1) is 12.8 Å². The standard InChI is InChI=1S/C18H17N3O2S/c1-23-12-6-3-5-11(9-12)20-17(22)16-15(19)13-8-10-4-2-7-14(10)21-18(13)24-16/h3,5-6,8-9H,2,4,7,19H2,1H3,(H,20,22). The van der Waals surface area contributed by atoms with Gasteiger partial charge in [0.2, 0.25) is 0 Å². The molecule has 1 amide bonds. The molecule has 1 aliphatic carbocycles. The van der Waals surface area contributed by atoms with E-state index in [4.69, 9.17) is 15.5 Å². The second-order valence-corrected chi connectivity index (χ2v) is 6.83. The number of hydrogen-bond acceptors (Lipinski definition) is 5. The molecule has 0 aliphatic heterocycles. The fraction of sp³-hybridized carbons (Fsp3) is 0.222. The maximum absolute atomic E-state index is 12.6. The largest absolute Gasteiger partial charge is 0.497 e. The van der Waals surface area contributed by atoms with Gasteiger partial charge in [-0.2, -0.15) is 0 Å². The number of benzene rings is 1. The zero-order valence-corrected chi connectivity index (χ0v) is 14.1. The lowest BCUT2D eigenvalue weighted by Gasteiger charge is -2.06. The number of nitrogens with two attached hydrogens (primary N) is 1. The van der Waals surface area contributed by atoms with Gasteiger partial charge in [-0.3, -0.25) is 4.79 Å². The number of nitrogens with zero attached hydrogens (tertiary/aromatic N) is 1. The summed E-state index contributed by atoms with van der Waals surface area (Å²) in [5.74, 6) is 0.471. The van der Waals surface area contributed by atoms with Crippen LogP contribution in [0.25, 0.3) is 10.2 Å². The number of thiophene rings is 1. The highest BCUT2D eigenvalue weighted by Gasteiger charge is 2.21. The summed E-state index contributed by atoms with van der Waals surface area (Å²) in [7, 11) is 1.59. The van der Waals surface area contributed by atoms with Crippen LogP contribution < -0.4 is 15.8 Å². The average Bonchev–Trinajstić information content (AvgIpc) is 3.17. The lowest BCUT2D eigenvalue weighted by Crippen LogP contribution is -2.11. The van der Waals surface area contributed by atoms with Crippen LogP contribution in [0.1, 0.15) is 27.3 Å². The van der Waals surface area contributed by atoms with Gasteiger partial charge < -0.3 is 15.8 Å². The molecule has 0 fully saturated rings. The molecule has 4 rings (SSSR count). The third-order valence-corrected chi connectivity index (χ3v) is 5.40. The molecule has 0 atom stereocenters. The third-order valence-electron chi connectivity index (χ3n) is 4.28. The van der Waals surface area contributed by atoms with Gasteiger partial charge in [0.15, 0.2) is 0 Å². The van der Waals surface area contributed by atoms with E-state index < -0.39 is 0 Å². The molecule has 0 saturated carbocycles. The Kier molecular flexibility index (Phi) is 3.61. The first-order valence-corrected chi connectivity index (χ1v) is 8.63. The number of methoxy groups -OCH3 is 1. The van der Waals surface area contributed by atoms with Gasteiger partial charge >= 0.3 is 0 Å². The highest BCUT2D eigenvalue weighted by molar-refractivity contribution is 7.21. The van der Waals surface area contributed by atoms with Crippen LogP contribution in [-0.2, 0) is 12.8 Å². The number of carbonyl (C=O) groups excluding carboxylic acids is 1. The Labute approximate surface area is 143 Å². The minimum Gasteiger partial charge on any atom is -0.497 e. The number of aryl methyl sites for hydroxylation is 2. The minimum atomic E-state index is -0.219. The fourth-order valence-electron chi connectivity index (χ4n) is 3.06. The first-order valence-electron chi connectivity index (χ1n) is 7.82. The number of rotatable bonds is 3. The molecule has 0 unspecified atom stereocenters. The highest BCUT2D eigenvalue weighted by atomic mass is 32.1. The molecule has 24 heavy (non-hydrogen) atoms. The lowest BCUT2D eigenvalue weighted by molar-refractivity contribution is 0.103. The smallest absolute Gasteiger partial charge is 0.267 e. The van der Waals surface area contributed by atoms with E-state index in [1.807, 2.05) is 18.2 Å². The number of fused-ring (bicyclic) bond motifs is 2. The molecule has 3 N–H and O–H groups in total. The summed E-state index contributed by atoms with van der Waals surface area (Å²) in [5.41, 5.74) is 9.81. The van der Waals surface area contributed by atoms with Crippen molar-refractivity contribution >= 4 is 38.8 Å². The Balaban J connectivity index is 1.68. The molecule has 2 heterocycles. The van der Waals surface area contributed by atoms with Crippen LogP contribution in [0.5, 0.6) is 5.75 Å². The van der Waals surface area contributed by atoms with Crippen LogP contribution in [0.4, 0.5) is 11.4 Å². The number of amides is 1. The van der Waals surface area contributed by atoms with E-state index in [9.17, 15) is 4.79 Å². The number of hydrogen-bond donors (Lipinski definition) is 2. The molecule has 2 aromatic heterocycles. The van der Waals surface area contributed by atoms with E-state index >= 15 is 0 Å². The Morgan fingerprint density at radius 3 is 3.04 bits per heavy atom. The van der Waals surface area contributed by atoms with Crippen molar-refractivity contribution in [3.8, 4) is 5.75 Å². The summed E-state index contributed by atoms with van der Waals surface area (Å²) >= 11 is 1.35. The molecule has 122 valence electrons. The second-order valence-electron chi connectivity index (χ2n) is 5.83. The van der Waals surface area contributed by atoms with Gasteiger partial charge in [-0.25, -0.2) is 4.98 Å². The van der Waals surface area contributed by atoms with Crippen LogP contribution in [0.15, 0.2) is 30.3 Å². The highest BCUT2D eigenvalue weighted by Crippen LogP contribution is 2.36. The molecule has 0 radical (unpaired) electrons. The first kappa shape index (κ1) is 15.0. The summed E-state index contributed by atoms with van der Waals surface area (Å²) in [6.45, 7) is 0. The fourth-order valence-corrected chi connectivity index (χ4v) is 4.05. The van der Waals surface area contributed by atoms with Gasteiger partial charge in [-0.15, -0.1) is 11.3 Å². The summed E-state index contributed by atoms with van der Waals surface area (Å²) in [6.07, 6.45) is 3.19. The lowest BCUT2D eigenvalue weighted by atomic mass is 10.1. The number of aromatic nitrogens is 1. The molecular weight excluding hydrogens is 322 g/mol. The number of ether oxygens (including phenoxy) is 1. The van der Waals surface area contributed by atoms with Gasteiger partial charge in [0.25, 0.3) is 5.91 Å². The monoisotopic (exact) mass is 339 g/mol. The predicted molar refractivity (Wildman–Crippen MR) is 97.0 cm³/mol. The van der Waals surface area contributed by atoms with Gasteiger partial charge in [0, 0.05) is 22.8 Å². The summed E-state index contributed by atoms with van der Waals surface area (Å²) in [4.78, 5) is 18.6. The third kappa shape index (κ3) is 2.49. The van der Waals surface area contributed by atoms with Crippen molar-refractivity contribution in [2.45, 2.75) is 19.3 Å². The SMILES string of the molecule is COc1cccc(NC(=O)c2sc3nc4c(cc3c2N)CCC4)c1. The number of pyridine rings is 1. The number of nitrogens with one attached hydrogen (secondary N) is 1. The summed E-state index contributed by atoms with van der Waals surface area (Å²) < 4.78 is 5.18. The van der Waals surface area contributed by atoms with E-state index in [2.05, 4.69) is 11.4 Å². The van der Waals surface area contributed by atoms with E-state index in [-0.39, 0.29) is 5.91 Å². The molecule has 3 aromatic rings.